The minimum absolute atomic E-state index is 0.288. The number of rotatable bonds is 3. The highest BCUT2D eigenvalue weighted by atomic mass is 32.2. The molecule has 0 saturated heterocycles. The smallest absolute Gasteiger partial charge is 0.0705 e. The summed E-state index contributed by atoms with van der Waals surface area (Å²) >= 11 is 1.65. The van der Waals surface area contributed by atoms with E-state index in [2.05, 4.69) is 0 Å². The van der Waals surface area contributed by atoms with Crippen LogP contribution in [-0.2, 0) is 0 Å². The summed E-state index contributed by atoms with van der Waals surface area (Å²) in [6.45, 7) is 1.71. The fraction of sp³-hybridized carbons (Fsp3) is 0.400. The molecule has 0 saturated carbocycles. The zero-order chi connectivity index (χ0) is 9.84. The molecule has 0 aliphatic rings. The van der Waals surface area contributed by atoms with Gasteiger partial charge in [-0.2, -0.15) is 0 Å². The van der Waals surface area contributed by atoms with E-state index in [9.17, 15) is 5.11 Å². The Bertz CT molecular complexity index is 275. The van der Waals surface area contributed by atoms with Crippen molar-refractivity contribution in [2.24, 2.45) is 5.73 Å². The lowest BCUT2D eigenvalue weighted by atomic mass is 10.0. The minimum atomic E-state index is -0.506. The van der Waals surface area contributed by atoms with Gasteiger partial charge in [0.2, 0.25) is 0 Å². The van der Waals surface area contributed by atoms with Gasteiger partial charge in [0.15, 0.2) is 0 Å². The third-order valence-electron chi connectivity index (χ3n) is 2.02. The van der Waals surface area contributed by atoms with Crippen LogP contribution < -0.4 is 5.73 Å². The van der Waals surface area contributed by atoms with Gasteiger partial charge in [0.05, 0.1) is 12.1 Å². The number of aliphatic hydroxyl groups excluding tert-OH is 1. The van der Waals surface area contributed by atoms with Crippen molar-refractivity contribution in [3.05, 3.63) is 29.8 Å². The van der Waals surface area contributed by atoms with Gasteiger partial charge >= 0.3 is 0 Å². The molecular formula is C10H15NOS. The highest BCUT2D eigenvalue weighted by Gasteiger charge is 2.14. The Kier molecular flexibility index (Phi) is 3.78. The quantitative estimate of drug-likeness (QED) is 0.726. The zero-order valence-electron chi connectivity index (χ0n) is 7.90. The van der Waals surface area contributed by atoms with E-state index in [1.54, 1.807) is 18.7 Å². The van der Waals surface area contributed by atoms with Gasteiger partial charge in [-0.25, -0.2) is 0 Å². The van der Waals surface area contributed by atoms with Gasteiger partial charge < -0.3 is 10.8 Å². The van der Waals surface area contributed by atoms with E-state index in [1.807, 2.05) is 30.5 Å². The molecule has 1 rings (SSSR count). The second-order valence-corrected chi connectivity index (χ2v) is 3.86. The Labute approximate surface area is 83.1 Å². The molecule has 2 atom stereocenters. The highest BCUT2D eigenvalue weighted by molar-refractivity contribution is 7.98. The third kappa shape index (κ3) is 2.46. The Morgan fingerprint density at radius 1 is 1.38 bits per heavy atom. The van der Waals surface area contributed by atoms with Crippen molar-refractivity contribution < 1.29 is 5.11 Å². The molecule has 13 heavy (non-hydrogen) atoms. The van der Waals surface area contributed by atoms with E-state index in [-0.39, 0.29) is 6.04 Å². The van der Waals surface area contributed by atoms with Crippen LogP contribution in [0.3, 0.4) is 0 Å². The first-order valence-corrected chi connectivity index (χ1v) is 5.46. The van der Waals surface area contributed by atoms with Gasteiger partial charge in [-0.05, 0) is 24.8 Å². The summed E-state index contributed by atoms with van der Waals surface area (Å²) in [4.78, 5) is 1.14. The standard InChI is InChI=1S/C10H15NOS/c1-7(12)10(11)8-5-3-4-6-9(8)13-2/h3-7,10,12H,11H2,1-2H3/t7?,10-/m1/s1. The van der Waals surface area contributed by atoms with E-state index in [0.29, 0.717) is 0 Å². The Balaban J connectivity index is 2.98. The van der Waals surface area contributed by atoms with Crippen LogP contribution in [0.2, 0.25) is 0 Å². The van der Waals surface area contributed by atoms with Crippen LogP contribution in [0.25, 0.3) is 0 Å². The van der Waals surface area contributed by atoms with Crippen LogP contribution in [0.1, 0.15) is 18.5 Å². The van der Waals surface area contributed by atoms with Crippen LogP contribution >= 0.6 is 11.8 Å². The highest BCUT2D eigenvalue weighted by Crippen LogP contribution is 2.25. The SMILES string of the molecule is CSc1ccccc1[C@H](N)C(C)O. The van der Waals surface area contributed by atoms with E-state index in [4.69, 9.17) is 5.73 Å². The number of aliphatic hydroxyl groups is 1. The number of thioether (sulfide) groups is 1. The molecule has 0 amide bonds. The van der Waals surface area contributed by atoms with Crippen LogP contribution in [-0.4, -0.2) is 17.5 Å². The maximum absolute atomic E-state index is 9.36. The molecule has 0 fully saturated rings. The van der Waals surface area contributed by atoms with Crippen LogP contribution in [0.4, 0.5) is 0 Å². The molecule has 1 aromatic rings. The monoisotopic (exact) mass is 197 g/mol. The van der Waals surface area contributed by atoms with E-state index < -0.39 is 6.10 Å². The third-order valence-corrected chi connectivity index (χ3v) is 2.83. The number of nitrogens with two attached hydrogens (primary N) is 1. The topological polar surface area (TPSA) is 46.2 Å². The molecule has 0 aromatic heterocycles. The second kappa shape index (κ2) is 4.65. The normalized spacial score (nSPS) is 15.4. The molecule has 0 aliphatic heterocycles. The first-order valence-electron chi connectivity index (χ1n) is 4.23. The summed E-state index contributed by atoms with van der Waals surface area (Å²) in [5.74, 6) is 0. The van der Waals surface area contributed by atoms with Crippen molar-refractivity contribution in [2.45, 2.75) is 24.0 Å². The summed E-state index contributed by atoms with van der Waals surface area (Å²) in [6, 6.07) is 7.61. The van der Waals surface area contributed by atoms with Crippen molar-refractivity contribution in [1.29, 1.82) is 0 Å². The molecule has 3 N–H and O–H groups in total. The first kappa shape index (κ1) is 10.6. The van der Waals surface area contributed by atoms with Crippen LogP contribution in [0, 0.1) is 0 Å². The lowest BCUT2D eigenvalue weighted by molar-refractivity contribution is 0.163. The summed E-state index contributed by atoms with van der Waals surface area (Å²) in [6.07, 6.45) is 1.50. The molecule has 0 bridgehead atoms. The first-order chi connectivity index (χ1) is 6.16. The largest absolute Gasteiger partial charge is 0.391 e. The van der Waals surface area contributed by atoms with Gasteiger partial charge in [0.25, 0.3) is 0 Å². The van der Waals surface area contributed by atoms with Gasteiger partial charge in [-0.3, -0.25) is 0 Å². The number of benzene rings is 1. The maximum atomic E-state index is 9.36. The summed E-state index contributed by atoms with van der Waals surface area (Å²) in [7, 11) is 0. The van der Waals surface area contributed by atoms with Crippen molar-refractivity contribution in [3.8, 4) is 0 Å². The summed E-state index contributed by atoms with van der Waals surface area (Å²) < 4.78 is 0. The minimum Gasteiger partial charge on any atom is -0.391 e. The Morgan fingerprint density at radius 3 is 2.54 bits per heavy atom. The predicted octanol–water partition coefficient (Wildman–Crippen LogP) is 1.79. The van der Waals surface area contributed by atoms with E-state index >= 15 is 0 Å². The molecule has 0 spiro atoms. The average Bonchev–Trinajstić information content (AvgIpc) is 2.16. The lowest BCUT2D eigenvalue weighted by Gasteiger charge is -2.17. The fourth-order valence-corrected chi connectivity index (χ4v) is 1.86. The van der Waals surface area contributed by atoms with E-state index in [1.165, 1.54) is 0 Å². The second-order valence-electron chi connectivity index (χ2n) is 3.01. The maximum Gasteiger partial charge on any atom is 0.0705 e. The molecule has 2 nitrogen and oxygen atoms in total. The van der Waals surface area contributed by atoms with Gasteiger partial charge in [0.1, 0.15) is 0 Å². The van der Waals surface area contributed by atoms with Crippen molar-refractivity contribution in [2.75, 3.05) is 6.26 Å². The Morgan fingerprint density at radius 2 is 2.00 bits per heavy atom. The summed E-state index contributed by atoms with van der Waals surface area (Å²) in [5, 5.41) is 9.36. The number of hydrogen-bond donors (Lipinski definition) is 2. The van der Waals surface area contributed by atoms with Gasteiger partial charge in [-0.15, -0.1) is 11.8 Å². The molecule has 3 heteroatoms. The molecular weight excluding hydrogens is 182 g/mol. The molecule has 0 heterocycles. The van der Waals surface area contributed by atoms with Gasteiger partial charge in [-0.1, -0.05) is 18.2 Å². The molecule has 0 radical (unpaired) electrons. The van der Waals surface area contributed by atoms with Crippen LogP contribution in [0.15, 0.2) is 29.2 Å². The van der Waals surface area contributed by atoms with Crippen molar-refractivity contribution in [1.82, 2.24) is 0 Å². The molecule has 1 aromatic carbocycles. The average molecular weight is 197 g/mol. The number of hydrogen-bond acceptors (Lipinski definition) is 3. The molecule has 72 valence electrons. The van der Waals surface area contributed by atoms with Crippen molar-refractivity contribution in [3.63, 3.8) is 0 Å². The fourth-order valence-electron chi connectivity index (χ4n) is 1.20. The molecule has 0 aliphatic carbocycles. The van der Waals surface area contributed by atoms with E-state index in [0.717, 1.165) is 10.5 Å². The lowest BCUT2D eigenvalue weighted by Crippen LogP contribution is -2.23. The van der Waals surface area contributed by atoms with Crippen LogP contribution in [0.5, 0.6) is 0 Å². The summed E-state index contributed by atoms with van der Waals surface area (Å²) in [5.41, 5.74) is 6.87. The Hall–Kier alpha value is -0.510. The predicted molar refractivity (Wildman–Crippen MR) is 56.8 cm³/mol. The zero-order valence-corrected chi connectivity index (χ0v) is 8.71. The van der Waals surface area contributed by atoms with Gasteiger partial charge in [0, 0.05) is 4.90 Å². The van der Waals surface area contributed by atoms with Crippen molar-refractivity contribution >= 4 is 11.8 Å². The molecule has 1 unspecified atom stereocenters.